The van der Waals surface area contributed by atoms with Crippen LogP contribution < -0.4 is 20.7 Å². The number of rotatable bonds is 4. The summed E-state index contributed by atoms with van der Waals surface area (Å²) < 4.78 is 10.1. The Morgan fingerprint density at radius 1 is 1.29 bits per heavy atom. The van der Waals surface area contributed by atoms with Crippen LogP contribution in [-0.4, -0.2) is 19.3 Å². The molecule has 1 aromatic carbocycles. The van der Waals surface area contributed by atoms with Gasteiger partial charge in [-0.2, -0.15) is 0 Å². The minimum absolute atomic E-state index is 0.555. The number of hydrogen-bond acceptors (Lipinski definition) is 5. The van der Waals surface area contributed by atoms with E-state index in [0.717, 1.165) is 0 Å². The zero-order valence-corrected chi connectivity index (χ0v) is 8.15. The van der Waals surface area contributed by atoms with Gasteiger partial charge in [-0.1, -0.05) is 6.07 Å². The molecule has 1 rings (SSSR count). The van der Waals surface area contributed by atoms with Crippen molar-refractivity contribution in [3.63, 3.8) is 0 Å². The van der Waals surface area contributed by atoms with Gasteiger partial charge in [-0.05, 0) is 12.1 Å². The first kappa shape index (κ1) is 10.8. The lowest BCUT2D eigenvalue weighted by molar-refractivity contribution is 0.139. The maximum atomic E-state index is 9.38. The number of hydrazine groups is 1. The van der Waals surface area contributed by atoms with Crippen molar-refractivity contribution in [3.05, 3.63) is 23.8 Å². The normalized spacial score (nSPS) is 12.3. The van der Waals surface area contributed by atoms with Crippen molar-refractivity contribution in [2.75, 3.05) is 14.2 Å². The summed E-state index contributed by atoms with van der Waals surface area (Å²) in [5.74, 6) is 6.26. The van der Waals surface area contributed by atoms with E-state index in [1.807, 2.05) is 0 Å². The Morgan fingerprint density at radius 2 is 1.93 bits per heavy atom. The van der Waals surface area contributed by atoms with Crippen LogP contribution in [0.2, 0.25) is 0 Å². The zero-order valence-electron chi connectivity index (χ0n) is 8.15. The number of ether oxygens (including phenoxy) is 2. The average molecular weight is 198 g/mol. The van der Waals surface area contributed by atoms with Gasteiger partial charge < -0.3 is 14.6 Å². The van der Waals surface area contributed by atoms with Crippen molar-refractivity contribution in [2.45, 2.75) is 6.23 Å². The summed E-state index contributed by atoms with van der Waals surface area (Å²) >= 11 is 0. The van der Waals surface area contributed by atoms with Crippen molar-refractivity contribution in [1.29, 1.82) is 0 Å². The summed E-state index contributed by atoms with van der Waals surface area (Å²) in [6, 6.07) is 5.06. The van der Waals surface area contributed by atoms with Gasteiger partial charge in [-0.25, -0.2) is 5.43 Å². The molecule has 14 heavy (non-hydrogen) atoms. The predicted molar refractivity (Wildman–Crippen MR) is 51.8 cm³/mol. The number of aliphatic hydroxyl groups excluding tert-OH is 1. The summed E-state index contributed by atoms with van der Waals surface area (Å²) in [4.78, 5) is 0. The van der Waals surface area contributed by atoms with Crippen LogP contribution in [-0.2, 0) is 0 Å². The Labute approximate surface area is 82.4 Å². The number of benzene rings is 1. The van der Waals surface area contributed by atoms with Crippen molar-refractivity contribution >= 4 is 0 Å². The molecule has 0 bridgehead atoms. The molecule has 0 aromatic heterocycles. The first-order valence-electron chi connectivity index (χ1n) is 4.09. The molecule has 0 fully saturated rings. The summed E-state index contributed by atoms with van der Waals surface area (Å²) in [5, 5.41) is 9.38. The lowest BCUT2D eigenvalue weighted by Crippen LogP contribution is -2.27. The summed E-state index contributed by atoms with van der Waals surface area (Å²) in [6.07, 6.45) is -0.908. The lowest BCUT2D eigenvalue weighted by Gasteiger charge is -2.12. The quantitative estimate of drug-likeness (QED) is 0.365. The number of nitrogens with two attached hydrogens (primary N) is 1. The molecule has 0 spiro atoms. The molecular formula is C9H14N2O3. The van der Waals surface area contributed by atoms with Crippen LogP contribution in [0.15, 0.2) is 18.2 Å². The van der Waals surface area contributed by atoms with Crippen LogP contribution >= 0.6 is 0 Å². The van der Waals surface area contributed by atoms with E-state index in [1.165, 1.54) is 7.11 Å². The summed E-state index contributed by atoms with van der Waals surface area (Å²) in [7, 11) is 3.08. The summed E-state index contributed by atoms with van der Waals surface area (Å²) in [5.41, 5.74) is 2.85. The fourth-order valence-electron chi connectivity index (χ4n) is 1.12. The monoisotopic (exact) mass is 198 g/mol. The molecule has 0 unspecified atom stereocenters. The van der Waals surface area contributed by atoms with Gasteiger partial charge in [-0.3, -0.25) is 5.84 Å². The Kier molecular flexibility index (Phi) is 3.70. The van der Waals surface area contributed by atoms with Crippen molar-refractivity contribution in [2.24, 2.45) is 5.84 Å². The molecular weight excluding hydrogens is 184 g/mol. The standard InChI is InChI=1S/C9H14N2O3/c1-13-7-4-3-6(9(12)11-10)5-8(7)14-2/h3-5,9,11-12H,10H2,1-2H3/t9-/m1/s1. The van der Waals surface area contributed by atoms with Gasteiger partial charge in [0.2, 0.25) is 0 Å². The van der Waals surface area contributed by atoms with Gasteiger partial charge >= 0.3 is 0 Å². The predicted octanol–water partition coefficient (Wildman–Crippen LogP) is 0.158. The van der Waals surface area contributed by atoms with Gasteiger partial charge in [-0.15, -0.1) is 0 Å². The maximum Gasteiger partial charge on any atom is 0.161 e. The second-order valence-corrected chi connectivity index (χ2v) is 2.68. The fourth-order valence-corrected chi connectivity index (χ4v) is 1.12. The van der Waals surface area contributed by atoms with Crippen LogP contribution in [0.25, 0.3) is 0 Å². The molecule has 0 amide bonds. The van der Waals surface area contributed by atoms with Gasteiger partial charge in [0, 0.05) is 5.56 Å². The van der Waals surface area contributed by atoms with E-state index in [2.05, 4.69) is 5.43 Å². The molecule has 0 saturated carbocycles. The van der Waals surface area contributed by atoms with Gasteiger partial charge in [0.25, 0.3) is 0 Å². The highest BCUT2D eigenvalue weighted by Gasteiger charge is 2.09. The van der Waals surface area contributed by atoms with E-state index >= 15 is 0 Å². The Hall–Kier alpha value is -1.30. The Morgan fingerprint density at radius 3 is 2.43 bits per heavy atom. The topological polar surface area (TPSA) is 76.7 Å². The maximum absolute atomic E-state index is 9.38. The SMILES string of the molecule is COc1ccc([C@@H](O)NN)cc1OC. The zero-order chi connectivity index (χ0) is 10.6. The largest absolute Gasteiger partial charge is 0.493 e. The van der Waals surface area contributed by atoms with E-state index in [-0.39, 0.29) is 0 Å². The van der Waals surface area contributed by atoms with Crippen molar-refractivity contribution in [3.8, 4) is 11.5 Å². The average Bonchev–Trinajstić information content (AvgIpc) is 2.26. The molecule has 4 N–H and O–H groups in total. The van der Waals surface area contributed by atoms with Crippen LogP contribution in [0, 0.1) is 0 Å². The third-order valence-electron chi connectivity index (χ3n) is 1.88. The van der Waals surface area contributed by atoms with Gasteiger partial charge in [0.1, 0.15) is 6.23 Å². The molecule has 5 nitrogen and oxygen atoms in total. The van der Waals surface area contributed by atoms with Crippen LogP contribution in [0.1, 0.15) is 11.8 Å². The fraction of sp³-hybridized carbons (Fsp3) is 0.333. The highest BCUT2D eigenvalue weighted by atomic mass is 16.5. The van der Waals surface area contributed by atoms with E-state index in [1.54, 1.807) is 25.3 Å². The third kappa shape index (κ3) is 2.14. The first-order valence-corrected chi connectivity index (χ1v) is 4.09. The number of methoxy groups -OCH3 is 2. The molecule has 0 aliphatic rings. The van der Waals surface area contributed by atoms with Crippen molar-refractivity contribution < 1.29 is 14.6 Å². The van der Waals surface area contributed by atoms with Crippen molar-refractivity contribution in [1.82, 2.24) is 5.43 Å². The molecule has 0 heterocycles. The molecule has 5 heteroatoms. The molecule has 0 aliphatic heterocycles. The van der Waals surface area contributed by atoms with E-state index in [0.29, 0.717) is 17.1 Å². The molecule has 0 radical (unpaired) electrons. The molecule has 1 atom stereocenters. The Balaban J connectivity index is 3.01. The molecule has 78 valence electrons. The van der Waals surface area contributed by atoms with Gasteiger partial charge in [0.05, 0.1) is 14.2 Å². The minimum Gasteiger partial charge on any atom is -0.493 e. The highest BCUT2D eigenvalue weighted by molar-refractivity contribution is 5.43. The molecule has 0 saturated heterocycles. The Bertz CT molecular complexity index is 304. The summed E-state index contributed by atoms with van der Waals surface area (Å²) in [6.45, 7) is 0. The molecule has 1 aromatic rings. The van der Waals surface area contributed by atoms with E-state index < -0.39 is 6.23 Å². The molecule has 0 aliphatic carbocycles. The van der Waals surface area contributed by atoms with Crippen LogP contribution in [0.4, 0.5) is 0 Å². The smallest absolute Gasteiger partial charge is 0.161 e. The number of nitrogens with one attached hydrogen (secondary N) is 1. The van der Waals surface area contributed by atoms with E-state index in [9.17, 15) is 5.11 Å². The van der Waals surface area contributed by atoms with Gasteiger partial charge in [0.15, 0.2) is 11.5 Å². The number of hydrogen-bond donors (Lipinski definition) is 3. The third-order valence-corrected chi connectivity index (χ3v) is 1.88. The lowest BCUT2D eigenvalue weighted by atomic mass is 10.2. The number of aliphatic hydroxyl groups is 1. The minimum atomic E-state index is -0.908. The van der Waals surface area contributed by atoms with Crippen LogP contribution in [0.5, 0.6) is 11.5 Å². The van der Waals surface area contributed by atoms with Crippen LogP contribution in [0.3, 0.4) is 0 Å². The highest BCUT2D eigenvalue weighted by Crippen LogP contribution is 2.29. The second-order valence-electron chi connectivity index (χ2n) is 2.68. The first-order chi connectivity index (χ1) is 6.72. The second kappa shape index (κ2) is 4.80. The van der Waals surface area contributed by atoms with E-state index in [4.69, 9.17) is 15.3 Å².